The van der Waals surface area contributed by atoms with E-state index in [4.69, 9.17) is 0 Å². The van der Waals surface area contributed by atoms with Gasteiger partial charge in [0.1, 0.15) is 0 Å². The SMILES string of the molecule is Cc1ccccc1CNC(=O)c1nc(C(=O)NCc2ccccc2)n2ccccc12. The summed E-state index contributed by atoms with van der Waals surface area (Å²) < 4.78 is 1.64. The zero-order chi connectivity index (χ0) is 20.9. The van der Waals surface area contributed by atoms with Crippen molar-refractivity contribution in [1.29, 1.82) is 0 Å². The molecule has 0 aliphatic rings. The number of benzene rings is 2. The lowest BCUT2D eigenvalue weighted by atomic mass is 10.1. The molecule has 0 fully saturated rings. The highest BCUT2D eigenvalue weighted by Crippen LogP contribution is 2.14. The van der Waals surface area contributed by atoms with E-state index in [2.05, 4.69) is 15.6 Å². The summed E-state index contributed by atoms with van der Waals surface area (Å²) in [6, 6.07) is 22.9. The van der Waals surface area contributed by atoms with Gasteiger partial charge in [0.2, 0.25) is 5.82 Å². The fourth-order valence-corrected chi connectivity index (χ4v) is 3.29. The molecule has 0 aliphatic carbocycles. The third kappa shape index (κ3) is 4.07. The molecule has 2 N–H and O–H groups in total. The maximum atomic E-state index is 12.8. The van der Waals surface area contributed by atoms with Crippen LogP contribution < -0.4 is 10.6 Å². The van der Waals surface area contributed by atoms with Crippen LogP contribution in [0.15, 0.2) is 79.0 Å². The lowest BCUT2D eigenvalue weighted by molar-refractivity contribution is 0.0939. The lowest BCUT2D eigenvalue weighted by Gasteiger charge is -2.06. The van der Waals surface area contributed by atoms with Crippen LogP contribution in [0.25, 0.3) is 5.52 Å². The number of rotatable bonds is 6. The van der Waals surface area contributed by atoms with Crippen molar-refractivity contribution in [1.82, 2.24) is 20.0 Å². The molecule has 2 heterocycles. The first-order chi connectivity index (χ1) is 14.6. The Morgan fingerprint density at radius 2 is 1.53 bits per heavy atom. The summed E-state index contributed by atoms with van der Waals surface area (Å²) in [6.07, 6.45) is 1.73. The number of nitrogens with zero attached hydrogens (tertiary/aromatic N) is 2. The van der Waals surface area contributed by atoms with Gasteiger partial charge in [-0.15, -0.1) is 0 Å². The predicted molar refractivity (Wildman–Crippen MR) is 115 cm³/mol. The fraction of sp³-hybridized carbons (Fsp3) is 0.125. The van der Waals surface area contributed by atoms with E-state index in [0.29, 0.717) is 18.6 Å². The second-order valence-corrected chi connectivity index (χ2v) is 7.02. The van der Waals surface area contributed by atoms with E-state index in [1.165, 1.54) is 0 Å². The van der Waals surface area contributed by atoms with Crippen LogP contribution in [-0.2, 0) is 13.1 Å². The molecule has 2 amide bonds. The van der Waals surface area contributed by atoms with Crippen LogP contribution in [0.5, 0.6) is 0 Å². The highest BCUT2D eigenvalue weighted by molar-refractivity contribution is 6.02. The molecule has 30 heavy (non-hydrogen) atoms. The summed E-state index contributed by atoms with van der Waals surface area (Å²) in [5.74, 6) is -0.468. The average molecular weight is 398 g/mol. The van der Waals surface area contributed by atoms with Gasteiger partial charge in [0.25, 0.3) is 11.8 Å². The van der Waals surface area contributed by atoms with E-state index in [-0.39, 0.29) is 23.3 Å². The van der Waals surface area contributed by atoms with Gasteiger partial charge < -0.3 is 10.6 Å². The van der Waals surface area contributed by atoms with Crippen molar-refractivity contribution in [2.45, 2.75) is 20.0 Å². The minimum absolute atomic E-state index is 0.183. The molecule has 0 spiro atoms. The first kappa shape index (κ1) is 19.4. The molecule has 2 aromatic carbocycles. The Morgan fingerprint density at radius 3 is 2.33 bits per heavy atom. The molecule has 4 aromatic rings. The quantitative estimate of drug-likeness (QED) is 0.522. The summed E-state index contributed by atoms with van der Waals surface area (Å²) in [7, 11) is 0. The number of carbonyl (C=O) groups is 2. The number of imidazole rings is 1. The van der Waals surface area contributed by atoms with Gasteiger partial charge in [0.05, 0.1) is 5.52 Å². The monoisotopic (exact) mass is 398 g/mol. The van der Waals surface area contributed by atoms with Crippen molar-refractivity contribution in [2.24, 2.45) is 0 Å². The van der Waals surface area contributed by atoms with E-state index in [9.17, 15) is 9.59 Å². The van der Waals surface area contributed by atoms with Gasteiger partial charge in [-0.2, -0.15) is 0 Å². The number of pyridine rings is 1. The van der Waals surface area contributed by atoms with Gasteiger partial charge in [-0.25, -0.2) is 4.98 Å². The largest absolute Gasteiger partial charge is 0.347 e. The molecule has 0 bridgehead atoms. The Labute approximate surface area is 174 Å². The molecule has 6 nitrogen and oxygen atoms in total. The molecular formula is C24H22N4O2. The van der Waals surface area contributed by atoms with Gasteiger partial charge in [-0.1, -0.05) is 60.7 Å². The first-order valence-electron chi connectivity index (χ1n) is 9.75. The molecule has 0 saturated carbocycles. The van der Waals surface area contributed by atoms with Gasteiger partial charge >= 0.3 is 0 Å². The average Bonchev–Trinajstić information content (AvgIpc) is 3.17. The van der Waals surface area contributed by atoms with Crippen LogP contribution in [0.1, 0.15) is 37.8 Å². The van der Waals surface area contributed by atoms with Crippen molar-refractivity contribution >= 4 is 17.3 Å². The normalized spacial score (nSPS) is 10.7. The molecule has 6 heteroatoms. The third-order valence-electron chi connectivity index (χ3n) is 4.96. The summed E-state index contributed by atoms with van der Waals surface area (Å²) in [4.78, 5) is 30.0. The standard InChI is InChI=1S/C24H22N4O2/c1-17-9-5-6-12-19(17)16-26-23(29)21-20-13-7-8-14-28(20)22(27-21)24(30)25-15-18-10-3-2-4-11-18/h2-14H,15-16H2,1H3,(H,25,30)(H,26,29). The maximum absolute atomic E-state index is 12.8. The Kier molecular flexibility index (Phi) is 5.57. The van der Waals surface area contributed by atoms with Crippen LogP contribution in [0.3, 0.4) is 0 Å². The summed E-state index contributed by atoms with van der Waals surface area (Å²) in [5.41, 5.74) is 3.95. The first-order valence-corrected chi connectivity index (χ1v) is 9.75. The van der Waals surface area contributed by atoms with Crippen LogP contribution in [0.2, 0.25) is 0 Å². The summed E-state index contributed by atoms with van der Waals surface area (Å²) >= 11 is 0. The van der Waals surface area contributed by atoms with E-state index < -0.39 is 0 Å². The number of aryl methyl sites for hydroxylation is 1. The minimum atomic E-state index is -0.335. The van der Waals surface area contributed by atoms with Crippen molar-refractivity contribution in [3.63, 3.8) is 0 Å². The van der Waals surface area contributed by atoms with Crippen LogP contribution >= 0.6 is 0 Å². The zero-order valence-electron chi connectivity index (χ0n) is 16.6. The molecule has 2 aromatic heterocycles. The highest BCUT2D eigenvalue weighted by atomic mass is 16.2. The topological polar surface area (TPSA) is 75.5 Å². The molecular weight excluding hydrogens is 376 g/mol. The van der Waals surface area contributed by atoms with Gasteiger partial charge in [0, 0.05) is 19.3 Å². The number of carbonyl (C=O) groups excluding carboxylic acids is 2. The van der Waals surface area contributed by atoms with Crippen molar-refractivity contribution in [3.05, 3.63) is 107 Å². The number of aromatic nitrogens is 2. The van der Waals surface area contributed by atoms with Crippen LogP contribution in [0, 0.1) is 6.92 Å². The number of nitrogens with one attached hydrogen (secondary N) is 2. The Morgan fingerprint density at radius 1 is 0.833 bits per heavy atom. The fourth-order valence-electron chi connectivity index (χ4n) is 3.29. The predicted octanol–water partition coefficient (Wildman–Crippen LogP) is 3.50. The molecule has 0 saturated heterocycles. The molecule has 4 rings (SSSR count). The van der Waals surface area contributed by atoms with E-state index in [0.717, 1.165) is 16.7 Å². The maximum Gasteiger partial charge on any atom is 0.287 e. The second kappa shape index (κ2) is 8.61. The van der Waals surface area contributed by atoms with Gasteiger partial charge in [0.15, 0.2) is 5.69 Å². The minimum Gasteiger partial charge on any atom is -0.347 e. The van der Waals surface area contributed by atoms with Gasteiger partial charge in [-0.05, 0) is 35.7 Å². The van der Waals surface area contributed by atoms with Gasteiger partial charge in [-0.3, -0.25) is 14.0 Å². The lowest BCUT2D eigenvalue weighted by Crippen LogP contribution is -2.26. The Bertz CT molecular complexity index is 1200. The molecule has 0 unspecified atom stereocenters. The summed E-state index contributed by atoms with van der Waals surface area (Å²) in [5, 5.41) is 5.78. The van der Waals surface area contributed by atoms with E-state index >= 15 is 0 Å². The number of fused-ring (bicyclic) bond motifs is 1. The molecule has 0 radical (unpaired) electrons. The third-order valence-corrected chi connectivity index (χ3v) is 4.96. The smallest absolute Gasteiger partial charge is 0.287 e. The molecule has 0 aliphatic heterocycles. The zero-order valence-corrected chi connectivity index (χ0v) is 16.6. The molecule has 150 valence electrons. The Balaban J connectivity index is 1.55. The van der Waals surface area contributed by atoms with Crippen molar-refractivity contribution < 1.29 is 9.59 Å². The number of hydrogen-bond donors (Lipinski definition) is 2. The second-order valence-electron chi connectivity index (χ2n) is 7.02. The van der Waals surface area contributed by atoms with Crippen LogP contribution in [-0.4, -0.2) is 21.2 Å². The van der Waals surface area contributed by atoms with Crippen molar-refractivity contribution in [2.75, 3.05) is 0 Å². The van der Waals surface area contributed by atoms with Crippen LogP contribution in [0.4, 0.5) is 0 Å². The summed E-state index contributed by atoms with van der Waals surface area (Å²) in [6.45, 7) is 2.78. The Hall–Kier alpha value is -3.93. The number of amides is 2. The number of hydrogen-bond acceptors (Lipinski definition) is 3. The molecule has 0 atom stereocenters. The highest BCUT2D eigenvalue weighted by Gasteiger charge is 2.21. The van der Waals surface area contributed by atoms with Crippen molar-refractivity contribution in [3.8, 4) is 0 Å². The van der Waals surface area contributed by atoms with E-state index in [1.807, 2.05) is 67.6 Å². The van der Waals surface area contributed by atoms with E-state index in [1.54, 1.807) is 22.7 Å².